The minimum atomic E-state index is -0.747. The average molecular weight is 399 g/mol. The summed E-state index contributed by atoms with van der Waals surface area (Å²) >= 11 is 6.07. The van der Waals surface area contributed by atoms with Crippen molar-refractivity contribution in [3.8, 4) is 0 Å². The molecule has 0 unspecified atom stereocenters. The summed E-state index contributed by atoms with van der Waals surface area (Å²) in [6.45, 7) is 3.66. The standard InChI is InChI=1S/C22H23ClN2O3/c1-15(2)28-22(27)19(12-16-6-4-3-5-7-16)24-21(26)14-25-11-10-17-8-9-18(23)13-20(17)25/h3-11,13,15,19H,12,14H2,1-2H3,(H,24,26)/t19-/m0/s1. The van der Waals surface area contributed by atoms with E-state index in [9.17, 15) is 9.59 Å². The molecular weight excluding hydrogens is 376 g/mol. The van der Waals surface area contributed by atoms with E-state index in [0.717, 1.165) is 16.5 Å². The fourth-order valence-corrected chi connectivity index (χ4v) is 3.21. The quantitative estimate of drug-likeness (QED) is 0.612. The summed E-state index contributed by atoms with van der Waals surface area (Å²) in [7, 11) is 0. The van der Waals surface area contributed by atoms with Crippen molar-refractivity contribution >= 4 is 34.4 Å². The Labute approximate surface area is 169 Å². The topological polar surface area (TPSA) is 60.3 Å². The van der Waals surface area contributed by atoms with Gasteiger partial charge in [0.2, 0.25) is 5.91 Å². The van der Waals surface area contributed by atoms with Crippen LogP contribution in [0.2, 0.25) is 5.02 Å². The molecule has 0 aliphatic carbocycles. The molecule has 0 aliphatic rings. The van der Waals surface area contributed by atoms with Gasteiger partial charge in [-0.2, -0.15) is 0 Å². The molecule has 3 aromatic rings. The van der Waals surface area contributed by atoms with E-state index in [1.807, 2.05) is 65.4 Å². The van der Waals surface area contributed by atoms with Crippen LogP contribution in [-0.4, -0.2) is 28.6 Å². The van der Waals surface area contributed by atoms with Gasteiger partial charge in [0.05, 0.1) is 6.10 Å². The molecule has 2 aromatic carbocycles. The highest BCUT2D eigenvalue weighted by atomic mass is 35.5. The number of hydrogen-bond donors (Lipinski definition) is 1. The first kappa shape index (κ1) is 20.0. The Bertz CT molecular complexity index is 966. The molecule has 1 amide bonds. The van der Waals surface area contributed by atoms with Gasteiger partial charge in [-0.15, -0.1) is 0 Å². The van der Waals surface area contributed by atoms with Crippen molar-refractivity contribution in [1.29, 1.82) is 0 Å². The lowest BCUT2D eigenvalue weighted by Gasteiger charge is -2.19. The summed E-state index contributed by atoms with van der Waals surface area (Å²) in [4.78, 5) is 25.1. The third-order valence-electron chi connectivity index (χ3n) is 4.30. The maximum Gasteiger partial charge on any atom is 0.329 e. The molecule has 1 N–H and O–H groups in total. The second-order valence-corrected chi connectivity index (χ2v) is 7.38. The largest absolute Gasteiger partial charge is 0.461 e. The van der Waals surface area contributed by atoms with E-state index >= 15 is 0 Å². The van der Waals surface area contributed by atoms with Gasteiger partial charge in [0.25, 0.3) is 0 Å². The minimum absolute atomic E-state index is 0.0874. The summed E-state index contributed by atoms with van der Waals surface area (Å²) < 4.78 is 7.14. The molecule has 5 nitrogen and oxygen atoms in total. The monoisotopic (exact) mass is 398 g/mol. The van der Waals surface area contributed by atoms with Crippen molar-refractivity contribution in [2.45, 2.75) is 39.0 Å². The predicted molar refractivity (Wildman–Crippen MR) is 110 cm³/mol. The molecule has 0 saturated carbocycles. The normalized spacial score (nSPS) is 12.1. The van der Waals surface area contributed by atoms with Crippen LogP contribution < -0.4 is 5.32 Å². The third-order valence-corrected chi connectivity index (χ3v) is 4.54. The first-order valence-corrected chi connectivity index (χ1v) is 9.58. The van der Waals surface area contributed by atoms with Crippen LogP contribution in [0.15, 0.2) is 60.8 Å². The summed E-state index contributed by atoms with van der Waals surface area (Å²) in [5, 5.41) is 4.43. The molecule has 0 aliphatic heterocycles. The highest BCUT2D eigenvalue weighted by molar-refractivity contribution is 6.31. The van der Waals surface area contributed by atoms with E-state index in [-0.39, 0.29) is 18.6 Å². The summed E-state index contributed by atoms with van der Waals surface area (Å²) in [6.07, 6.45) is 1.95. The lowest BCUT2D eigenvalue weighted by molar-refractivity contribution is -0.151. The lowest BCUT2D eigenvalue weighted by atomic mass is 10.1. The van der Waals surface area contributed by atoms with E-state index < -0.39 is 12.0 Å². The zero-order chi connectivity index (χ0) is 20.1. The van der Waals surface area contributed by atoms with Crippen LogP contribution in [0.1, 0.15) is 19.4 Å². The van der Waals surface area contributed by atoms with Gasteiger partial charge in [0.1, 0.15) is 12.6 Å². The summed E-state index contributed by atoms with van der Waals surface area (Å²) in [5.74, 6) is -0.702. The van der Waals surface area contributed by atoms with Crippen LogP contribution in [0.5, 0.6) is 0 Å². The Morgan fingerprint density at radius 1 is 1.11 bits per heavy atom. The van der Waals surface area contributed by atoms with Crippen LogP contribution in [-0.2, 0) is 27.3 Å². The van der Waals surface area contributed by atoms with E-state index in [1.54, 1.807) is 13.8 Å². The van der Waals surface area contributed by atoms with Gasteiger partial charge >= 0.3 is 5.97 Å². The number of carbonyl (C=O) groups is 2. The van der Waals surface area contributed by atoms with Gasteiger partial charge in [0, 0.05) is 23.2 Å². The fraction of sp³-hybridized carbons (Fsp3) is 0.273. The van der Waals surface area contributed by atoms with Crippen molar-refractivity contribution in [3.63, 3.8) is 0 Å². The molecule has 1 aromatic heterocycles. The number of nitrogens with zero attached hydrogens (tertiary/aromatic N) is 1. The molecule has 3 rings (SSSR count). The van der Waals surface area contributed by atoms with Gasteiger partial charge in [-0.3, -0.25) is 4.79 Å². The van der Waals surface area contributed by atoms with Gasteiger partial charge in [-0.1, -0.05) is 48.0 Å². The lowest BCUT2D eigenvalue weighted by Crippen LogP contribution is -2.45. The molecule has 0 fully saturated rings. The van der Waals surface area contributed by atoms with Crippen molar-refractivity contribution in [3.05, 3.63) is 71.4 Å². The van der Waals surface area contributed by atoms with E-state index in [0.29, 0.717) is 11.4 Å². The van der Waals surface area contributed by atoms with E-state index in [2.05, 4.69) is 5.32 Å². The van der Waals surface area contributed by atoms with Crippen LogP contribution in [0.25, 0.3) is 10.9 Å². The van der Waals surface area contributed by atoms with E-state index in [4.69, 9.17) is 16.3 Å². The smallest absolute Gasteiger partial charge is 0.329 e. The van der Waals surface area contributed by atoms with Gasteiger partial charge in [-0.05, 0) is 43.0 Å². The zero-order valence-electron chi connectivity index (χ0n) is 15.9. The fourth-order valence-electron chi connectivity index (χ4n) is 3.05. The molecule has 146 valence electrons. The number of halogens is 1. The number of rotatable bonds is 7. The van der Waals surface area contributed by atoms with Crippen LogP contribution in [0.4, 0.5) is 0 Å². The molecule has 1 heterocycles. The number of ether oxygens (including phenoxy) is 1. The molecule has 28 heavy (non-hydrogen) atoms. The first-order chi connectivity index (χ1) is 13.4. The number of carbonyl (C=O) groups excluding carboxylic acids is 2. The second kappa shape index (κ2) is 8.93. The summed E-state index contributed by atoms with van der Waals surface area (Å²) in [6, 6.07) is 16.3. The number of benzene rings is 2. The Morgan fingerprint density at radius 2 is 1.86 bits per heavy atom. The molecular formula is C22H23ClN2O3. The van der Waals surface area contributed by atoms with Crippen molar-refractivity contribution in [1.82, 2.24) is 9.88 Å². The molecule has 6 heteroatoms. The Morgan fingerprint density at radius 3 is 2.57 bits per heavy atom. The van der Waals surface area contributed by atoms with Crippen LogP contribution in [0.3, 0.4) is 0 Å². The third kappa shape index (κ3) is 5.14. The molecule has 0 bridgehead atoms. The predicted octanol–water partition coefficient (Wildman–Crippen LogP) is 3.97. The highest BCUT2D eigenvalue weighted by Crippen LogP contribution is 2.20. The zero-order valence-corrected chi connectivity index (χ0v) is 16.6. The highest BCUT2D eigenvalue weighted by Gasteiger charge is 2.24. The number of nitrogens with one attached hydrogen (secondary N) is 1. The van der Waals surface area contributed by atoms with Gasteiger partial charge < -0.3 is 14.6 Å². The van der Waals surface area contributed by atoms with Gasteiger partial charge in [0.15, 0.2) is 0 Å². The number of esters is 1. The Balaban J connectivity index is 1.74. The minimum Gasteiger partial charge on any atom is -0.461 e. The Kier molecular flexibility index (Phi) is 6.37. The number of aromatic nitrogens is 1. The van der Waals surface area contributed by atoms with Crippen molar-refractivity contribution in [2.24, 2.45) is 0 Å². The summed E-state index contributed by atoms with van der Waals surface area (Å²) in [5.41, 5.74) is 1.82. The van der Waals surface area contributed by atoms with Crippen LogP contribution >= 0.6 is 11.6 Å². The molecule has 1 atom stereocenters. The maximum atomic E-state index is 12.7. The number of fused-ring (bicyclic) bond motifs is 1. The SMILES string of the molecule is CC(C)OC(=O)[C@H](Cc1ccccc1)NC(=O)Cn1ccc2ccc(Cl)cc21. The number of hydrogen-bond acceptors (Lipinski definition) is 3. The molecule has 0 saturated heterocycles. The van der Waals surface area contributed by atoms with Crippen molar-refractivity contribution in [2.75, 3.05) is 0 Å². The number of amides is 1. The second-order valence-electron chi connectivity index (χ2n) is 6.94. The van der Waals surface area contributed by atoms with E-state index in [1.165, 1.54) is 0 Å². The molecule has 0 spiro atoms. The first-order valence-electron chi connectivity index (χ1n) is 9.20. The average Bonchev–Trinajstić information content (AvgIpc) is 3.03. The van der Waals surface area contributed by atoms with Crippen LogP contribution in [0, 0.1) is 0 Å². The van der Waals surface area contributed by atoms with Gasteiger partial charge in [-0.25, -0.2) is 4.79 Å². The Hall–Kier alpha value is -2.79. The molecule has 0 radical (unpaired) electrons. The van der Waals surface area contributed by atoms with Crippen molar-refractivity contribution < 1.29 is 14.3 Å². The maximum absolute atomic E-state index is 12.7.